The van der Waals surface area contributed by atoms with Crippen molar-refractivity contribution in [3.8, 4) is 0 Å². The third-order valence-electron chi connectivity index (χ3n) is 7.73. The molecule has 2 N–H and O–H groups in total. The summed E-state index contributed by atoms with van der Waals surface area (Å²) >= 11 is 0. The van der Waals surface area contributed by atoms with Gasteiger partial charge >= 0.3 is 5.97 Å². The first kappa shape index (κ1) is 20.6. The molecule has 0 radical (unpaired) electrons. The minimum atomic E-state index is -0.816. The molecule has 0 heterocycles. The number of hydrogen-bond donors (Lipinski definition) is 2. The van der Waals surface area contributed by atoms with Gasteiger partial charge in [0.1, 0.15) is 6.10 Å². The first-order valence-electron chi connectivity index (χ1n) is 10.6. The van der Waals surface area contributed by atoms with E-state index in [9.17, 15) is 15.0 Å². The maximum absolute atomic E-state index is 13.1. The zero-order chi connectivity index (χ0) is 19.8. The Labute approximate surface area is 163 Å². The molecular weight excluding hydrogens is 340 g/mol. The number of allylic oxidation sites excluding steroid dienone is 4. The largest absolute Gasteiger partial charge is 0.457 e. The lowest BCUT2D eigenvalue weighted by Crippen LogP contribution is -2.54. The summed E-state index contributed by atoms with van der Waals surface area (Å²) in [5, 5.41) is 18.6. The summed E-state index contributed by atoms with van der Waals surface area (Å²) in [6, 6.07) is 0. The zero-order valence-corrected chi connectivity index (χ0v) is 17.3. The van der Waals surface area contributed by atoms with E-state index in [1.807, 2.05) is 6.92 Å². The summed E-state index contributed by atoms with van der Waals surface area (Å²) in [5.41, 5.74) is 2.57. The van der Waals surface area contributed by atoms with E-state index in [-0.39, 0.29) is 30.5 Å². The second kappa shape index (κ2) is 7.71. The Hall–Kier alpha value is -1.13. The van der Waals surface area contributed by atoms with E-state index >= 15 is 0 Å². The van der Waals surface area contributed by atoms with Crippen molar-refractivity contribution in [2.45, 2.75) is 72.3 Å². The second-order valence-corrected chi connectivity index (χ2v) is 9.63. The highest BCUT2D eigenvalue weighted by Crippen LogP contribution is 2.62. The average Bonchev–Trinajstić information content (AvgIpc) is 2.65. The fraction of sp³-hybridized carbons (Fsp3) is 0.783. The fourth-order valence-electron chi connectivity index (χ4n) is 6.01. The number of aliphatic hydroxyl groups is 2. The van der Waals surface area contributed by atoms with E-state index in [0.29, 0.717) is 11.8 Å². The van der Waals surface area contributed by atoms with Gasteiger partial charge in [0.25, 0.3) is 0 Å². The number of carbonyl (C=O) groups is 1. The standard InChI is InChI=1S/C23H36O4/c1-15(2)16-6-8-19-17(12-16)7-9-20-22(19,3)10-5-11-23(20,4)21(26)27-18(13-24)14-25/h7,12,15,18-20,24-25H,5-6,8-11,13-14H2,1-4H3/t19-,20+,22+,23+/m0/s1. The van der Waals surface area contributed by atoms with Crippen LogP contribution in [0.15, 0.2) is 23.3 Å². The fourth-order valence-corrected chi connectivity index (χ4v) is 6.01. The molecule has 152 valence electrons. The lowest BCUT2D eigenvalue weighted by Gasteiger charge is -2.57. The van der Waals surface area contributed by atoms with Gasteiger partial charge in [-0.2, -0.15) is 0 Å². The van der Waals surface area contributed by atoms with Crippen LogP contribution in [0.5, 0.6) is 0 Å². The van der Waals surface area contributed by atoms with Crippen LogP contribution in [-0.4, -0.2) is 35.5 Å². The van der Waals surface area contributed by atoms with Crippen LogP contribution in [-0.2, 0) is 9.53 Å². The van der Waals surface area contributed by atoms with Gasteiger partial charge in [-0.25, -0.2) is 0 Å². The van der Waals surface area contributed by atoms with Gasteiger partial charge in [-0.05, 0) is 67.8 Å². The number of fused-ring (bicyclic) bond motifs is 3. The number of aliphatic hydroxyl groups excluding tert-OH is 2. The lowest BCUT2D eigenvalue weighted by molar-refractivity contribution is -0.178. The molecule has 0 aromatic carbocycles. The number of rotatable bonds is 5. The van der Waals surface area contributed by atoms with Gasteiger partial charge in [0.2, 0.25) is 0 Å². The molecule has 3 rings (SSSR count). The van der Waals surface area contributed by atoms with E-state index in [1.54, 1.807) is 5.57 Å². The maximum atomic E-state index is 13.1. The van der Waals surface area contributed by atoms with E-state index in [4.69, 9.17) is 4.74 Å². The highest BCUT2D eigenvalue weighted by molar-refractivity contribution is 5.77. The molecule has 1 fully saturated rings. The Bertz CT molecular complexity index is 630. The molecule has 0 unspecified atom stereocenters. The maximum Gasteiger partial charge on any atom is 0.312 e. The summed E-state index contributed by atoms with van der Waals surface area (Å²) in [6.45, 7) is 8.29. The van der Waals surface area contributed by atoms with E-state index in [1.165, 1.54) is 12.0 Å². The summed E-state index contributed by atoms with van der Waals surface area (Å²) in [4.78, 5) is 13.1. The van der Waals surface area contributed by atoms with Crippen LogP contribution in [0.4, 0.5) is 0 Å². The van der Waals surface area contributed by atoms with E-state index in [2.05, 4.69) is 32.9 Å². The van der Waals surface area contributed by atoms with Crippen LogP contribution in [0.2, 0.25) is 0 Å². The van der Waals surface area contributed by atoms with Gasteiger partial charge in [0.05, 0.1) is 18.6 Å². The van der Waals surface area contributed by atoms with Gasteiger partial charge in [-0.15, -0.1) is 0 Å². The predicted octanol–water partition coefficient (Wildman–Crippen LogP) is 4.02. The first-order chi connectivity index (χ1) is 12.8. The van der Waals surface area contributed by atoms with Gasteiger partial charge in [0, 0.05) is 0 Å². The normalized spacial score (nSPS) is 36.0. The first-order valence-corrected chi connectivity index (χ1v) is 10.6. The van der Waals surface area contributed by atoms with Gasteiger partial charge in [-0.1, -0.05) is 44.9 Å². The van der Waals surface area contributed by atoms with Crippen LogP contribution in [0.25, 0.3) is 0 Å². The van der Waals surface area contributed by atoms with Crippen molar-refractivity contribution in [1.82, 2.24) is 0 Å². The Morgan fingerprint density at radius 2 is 1.96 bits per heavy atom. The summed E-state index contributed by atoms with van der Waals surface area (Å²) in [5.74, 6) is 1.10. The van der Waals surface area contributed by atoms with Crippen molar-refractivity contribution in [2.75, 3.05) is 13.2 Å². The Balaban J connectivity index is 1.90. The Kier molecular flexibility index (Phi) is 5.88. The minimum Gasteiger partial charge on any atom is -0.457 e. The molecule has 4 nitrogen and oxygen atoms in total. The molecule has 4 heteroatoms. The molecule has 0 aromatic rings. The van der Waals surface area contributed by atoms with Gasteiger partial charge in [0.15, 0.2) is 0 Å². The SMILES string of the molecule is CC(C)C1=CC2=CC[C@@H]3[C@](C)(CCC[C@@]3(C)C(=O)OC(CO)CO)[C@H]2CC1. The van der Waals surface area contributed by atoms with Crippen LogP contribution in [0, 0.1) is 28.6 Å². The highest BCUT2D eigenvalue weighted by atomic mass is 16.6. The van der Waals surface area contributed by atoms with Crippen LogP contribution >= 0.6 is 0 Å². The molecular formula is C23H36O4. The molecule has 0 saturated heterocycles. The van der Waals surface area contributed by atoms with Gasteiger partial charge in [-0.3, -0.25) is 4.79 Å². The molecule has 3 aliphatic rings. The molecule has 4 atom stereocenters. The highest BCUT2D eigenvalue weighted by Gasteiger charge is 2.57. The van der Waals surface area contributed by atoms with Crippen LogP contribution in [0.3, 0.4) is 0 Å². The molecule has 0 aliphatic heterocycles. The van der Waals surface area contributed by atoms with Crippen molar-refractivity contribution in [1.29, 1.82) is 0 Å². The number of hydrogen-bond acceptors (Lipinski definition) is 4. The van der Waals surface area contributed by atoms with Gasteiger partial charge < -0.3 is 14.9 Å². The molecule has 0 bridgehead atoms. The van der Waals surface area contributed by atoms with Crippen LogP contribution < -0.4 is 0 Å². The van der Waals surface area contributed by atoms with Crippen molar-refractivity contribution < 1.29 is 19.7 Å². The number of ether oxygens (including phenoxy) is 1. The molecule has 27 heavy (non-hydrogen) atoms. The van der Waals surface area contributed by atoms with E-state index in [0.717, 1.165) is 32.1 Å². The lowest BCUT2D eigenvalue weighted by atomic mass is 9.47. The summed E-state index contributed by atoms with van der Waals surface area (Å²) in [6.07, 6.45) is 10.2. The van der Waals surface area contributed by atoms with E-state index < -0.39 is 11.5 Å². The smallest absolute Gasteiger partial charge is 0.312 e. The zero-order valence-electron chi connectivity index (χ0n) is 17.3. The third-order valence-corrected chi connectivity index (χ3v) is 7.73. The van der Waals surface area contributed by atoms with Crippen molar-refractivity contribution in [3.05, 3.63) is 23.3 Å². The third kappa shape index (κ3) is 3.51. The molecule has 1 saturated carbocycles. The van der Waals surface area contributed by atoms with Crippen molar-refractivity contribution in [3.63, 3.8) is 0 Å². The Morgan fingerprint density at radius 1 is 1.26 bits per heavy atom. The predicted molar refractivity (Wildman–Crippen MR) is 106 cm³/mol. The minimum absolute atomic E-state index is 0.100. The second-order valence-electron chi connectivity index (χ2n) is 9.63. The van der Waals surface area contributed by atoms with Crippen molar-refractivity contribution in [2.24, 2.45) is 28.6 Å². The molecule has 0 spiro atoms. The monoisotopic (exact) mass is 376 g/mol. The van der Waals surface area contributed by atoms with Crippen molar-refractivity contribution >= 4 is 5.97 Å². The molecule has 0 aromatic heterocycles. The average molecular weight is 377 g/mol. The summed E-state index contributed by atoms with van der Waals surface area (Å²) in [7, 11) is 0. The van der Waals surface area contributed by atoms with Crippen LogP contribution in [0.1, 0.15) is 66.2 Å². The Morgan fingerprint density at radius 3 is 2.59 bits per heavy atom. The summed E-state index contributed by atoms with van der Waals surface area (Å²) < 4.78 is 5.50. The molecule has 3 aliphatic carbocycles. The number of esters is 1. The topological polar surface area (TPSA) is 66.8 Å². The molecule has 0 amide bonds. The quantitative estimate of drug-likeness (QED) is 0.711. The number of carbonyl (C=O) groups excluding carboxylic acids is 1.